The van der Waals surface area contributed by atoms with E-state index in [1.807, 2.05) is 25.1 Å². The van der Waals surface area contributed by atoms with Crippen molar-refractivity contribution in [2.75, 3.05) is 13.2 Å². The molecular weight excluding hydrogens is 238 g/mol. The molecule has 94 valence electrons. The first-order valence-electron chi connectivity index (χ1n) is 5.96. The van der Waals surface area contributed by atoms with Crippen molar-refractivity contribution in [3.63, 3.8) is 0 Å². The molecule has 0 aromatic heterocycles. The molecule has 0 amide bonds. The fourth-order valence-electron chi connectivity index (χ4n) is 1.88. The number of halogens is 1. The van der Waals surface area contributed by atoms with Crippen molar-refractivity contribution < 1.29 is 9.47 Å². The van der Waals surface area contributed by atoms with Gasteiger partial charge in [0, 0.05) is 12.6 Å². The fourth-order valence-corrected chi connectivity index (χ4v) is 2.12. The van der Waals surface area contributed by atoms with Crippen molar-refractivity contribution in [1.82, 2.24) is 0 Å². The third-order valence-electron chi connectivity index (χ3n) is 2.93. The van der Waals surface area contributed by atoms with E-state index in [-0.39, 0.29) is 12.1 Å². The van der Waals surface area contributed by atoms with Crippen molar-refractivity contribution in [3.8, 4) is 5.75 Å². The van der Waals surface area contributed by atoms with Gasteiger partial charge in [-0.25, -0.2) is 0 Å². The van der Waals surface area contributed by atoms with E-state index in [4.69, 9.17) is 26.8 Å². The lowest BCUT2D eigenvalue weighted by Crippen LogP contribution is -2.16. The maximum Gasteiger partial charge on any atom is 0.138 e. The zero-order valence-corrected chi connectivity index (χ0v) is 10.7. The van der Waals surface area contributed by atoms with E-state index in [2.05, 4.69) is 0 Å². The maximum absolute atomic E-state index is 6.14. The minimum absolute atomic E-state index is 0.0142. The maximum atomic E-state index is 6.14. The predicted octanol–water partition coefficient (Wildman–Crippen LogP) is 2.92. The van der Waals surface area contributed by atoms with E-state index in [1.165, 1.54) is 0 Å². The highest BCUT2D eigenvalue weighted by Gasteiger charge is 2.16. The first-order chi connectivity index (χ1) is 8.16. The van der Waals surface area contributed by atoms with Crippen LogP contribution in [0.4, 0.5) is 0 Å². The molecule has 1 fully saturated rings. The molecule has 0 bridgehead atoms. The van der Waals surface area contributed by atoms with Gasteiger partial charge in [-0.2, -0.15) is 0 Å². The molecule has 1 saturated heterocycles. The zero-order valence-electron chi connectivity index (χ0n) is 9.99. The van der Waals surface area contributed by atoms with Crippen LogP contribution in [0.3, 0.4) is 0 Å². The summed E-state index contributed by atoms with van der Waals surface area (Å²) in [6.45, 7) is 3.33. The highest BCUT2D eigenvalue weighted by molar-refractivity contribution is 6.32. The Labute approximate surface area is 107 Å². The molecule has 0 saturated carbocycles. The summed E-state index contributed by atoms with van der Waals surface area (Å²) in [5.41, 5.74) is 6.80. The molecule has 1 heterocycles. The van der Waals surface area contributed by atoms with E-state index >= 15 is 0 Å². The van der Waals surface area contributed by atoms with E-state index in [1.54, 1.807) is 0 Å². The van der Waals surface area contributed by atoms with E-state index in [9.17, 15) is 0 Å². The van der Waals surface area contributed by atoms with Gasteiger partial charge in [-0.05, 0) is 37.5 Å². The van der Waals surface area contributed by atoms with Crippen LogP contribution in [0, 0.1) is 0 Å². The Morgan fingerprint density at radius 1 is 1.59 bits per heavy atom. The van der Waals surface area contributed by atoms with Crippen molar-refractivity contribution in [1.29, 1.82) is 0 Å². The normalized spacial score (nSPS) is 21.5. The molecule has 17 heavy (non-hydrogen) atoms. The fraction of sp³-hybridized carbons (Fsp3) is 0.538. The van der Waals surface area contributed by atoms with Crippen molar-refractivity contribution in [2.45, 2.75) is 31.9 Å². The summed E-state index contributed by atoms with van der Waals surface area (Å²) >= 11 is 6.14. The predicted molar refractivity (Wildman–Crippen MR) is 68.5 cm³/mol. The zero-order chi connectivity index (χ0) is 12.3. The van der Waals surface area contributed by atoms with Crippen LogP contribution in [-0.2, 0) is 4.74 Å². The molecule has 3 nitrogen and oxygen atoms in total. The lowest BCUT2D eigenvalue weighted by Gasteiger charge is -2.14. The lowest BCUT2D eigenvalue weighted by molar-refractivity contribution is 0.0680. The van der Waals surface area contributed by atoms with Gasteiger partial charge >= 0.3 is 0 Å². The smallest absolute Gasteiger partial charge is 0.138 e. The van der Waals surface area contributed by atoms with Gasteiger partial charge < -0.3 is 15.2 Å². The average molecular weight is 256 g/mol. The molecule has 1 aliphatic rings. The SMILES string of the molecule is C[C@@H](N)c1ccc(OCC2CCCO2)c(Cl)c1. The summed E-state index contributed by atoms with van der Waals surface area (Å²) in [6, 6.07) is 5.66. The molecule has 4 heteroatoms. The quantitative estimate of drug-likeness (QED) is 0.900. The van der Waals surface area contributed by atoms with Crippen LogP contribution in [0.15, 0.2) is 18.2 Å². The van der Waals surface area contributed by atoms with Crippen LogP contribution in [0.2, 0.25) is 5.02 Å². The van der Waals surface area contributed by atoms with Crippen LogP contribution in [-0.4, -0.2) is 19.3 Å². The Hall–Kier alpha value is -0.770. The van der Waals surface area contributed by atoms with E-state index < -0.39 is 0 Å². The largest absolute Gasteiger partial charge is 0.489 e. The van der Waals surface area contributed by atoms with Crippen LogP contribution < -0.4 is 10.5 Å². The highest BCUT2D eigenvalue weighted by atomic mass is 35.5. The summed E-state index contributed by atoms with van der Waals surface area (Å²) in [6.07, 6.45) is 2.39. The Kier molecular flexibility index (Phi) is 4.26. The number of nitrogens with two attached hydrogens (primary N) is 1. The van der Waals surface area contributed by atoms with Crippen LogP contribution in [0.25, 0.3) is 0 Å². The average Bonchev–Trinajstić information content (AvgIpc) is 2.80. The van der Waals surface area contributed by atoms with Crippen LogP contribution in [0.5, 0.6) is 5.75 Å². The molecule has 2 atom stereocenters. The van der Waals surface area contributed by atoms with Crippen molar-refractivity contribution in [3.05, 3.63) is 28.8 Å². The second-order valence-electron chi connectivity index (χ2n) is 4.42. The van der Waals surface area contributed by atoms with Gasteiger partial charge in [-0.15, -0.1) is 0 Å². The molecule has 1 aliphatic heterocycles. The minimum atomic E-state index is -0.0142. The van der Waals surface area contributed by atoms with Gasteiger partial charge in [-0.1, -0.05) is 17.7 Å². The molecule has 1 aromatic rings. The first-order valence-corrected chi connectivity index (χ1v) is 6.34. The first kappa shape index (κ1) is 12.7. The minimum Gasteiger partial charge on any atom is -0.489 e. The third kappa shape index (κ3) is 3.35. The molecule has 0 radical (unpaired) electrons. The topological polar surface area (TPSA) is 44.5 Å². The summed E-state index contributed by atoms with van der Waals surface area (Å²) in [5.74, 6) is 0.701. The van der Waals surface area contributed by atoms with Gasteiger partial charge in [0.2, 0.25) is 0 Å². The number of hydrogen-bond donors (Lipinski definition) is 1. The molecular formula is C13H18ClNO2. The summed E-state index contributed by atoms with van der Waals surface area (Å²) < 4.78 is 11.1. The molecule has 1 aromatic carbocycles. The lowest BCUT2D eigenvalue weighted by atomic mass is 10.1. The number of ether oxygens (including phenoxy) is 2. The van der Waals surface area contributed by atoms with Gasteiger partial charge in [0.15, 0.2) is 0 Å². The highest BCUT2D eigenvalue weighted by Crippen LogP contribution is 2.28. The van der Waals surface area contributed by atoms with E-state index in [0.29, 0.717) is 17.4 Å². The van der Waals surface area contributed by atoms with Crippen LogP contribution in [0.1, 0.15) is 31.4 Å². The molecule has 0 spiro atoms. The van der Waals surface area contributed by atoms with Gasteiger partial charge in [0.25, 0.3) is 0 Å². The standard InChI is InChI=1S/C13H18ClNO2/c1-9(15)10-4-5-13(12(14)7-10)17-8-11-3-2-6-16-11/h4-5,7,9,11H,2-3,6,8,15H2,1H3/t9-,11?/m1/s1. The third-order valence-corrected chi connectivity index (χ3v) is 3.23. The van der Waals surface area contributed by atoms with E-state index in [0.717, 1.165) is 25.0 Å². The van der Waals surface area contributed by atoms with Gasteiger partial charge in [0.05, 0.1) is 11.1 Å². The second kappa shape index (κ2) is 5.71. The summed E-state index contributed by atoms with van der Waals surface area (Å²) in [4.78, 5) is 0. The Balaban J connectivity index is 1.96. The van der Waals surface area contributed by atoms with Gasteiger partial charge in [0.1, 0.15) is 12.4 Å². The number of benzene rings is 1. The Bertz CT molecular complexity index is 376. The number of hydrogen-bond acceptors (Lipinski definition) is 3. The van der Waals surface area contributed by atoms with Gasteiger partial charge in [-0.3, -0.25) is 0 Å². The van der Waals surface area contributed by atoms with Crippen LogP contribution >= 0.6 is 11.6 Å². The molecule has 2 rings (SSSR count). The number of rotatable bonds is 4. The molecule has 1 unspecified atom stereocenters. The Morgan fingerprint density at radius 3 is 3.00 bits per heavy atom. The van der Waals surface area contributed by atoms with Crippen molar-refractivity contribution in [2.24, 2.45) is 5.73 Å². The Morgan fingerprint density at radius 2 is 2.41 bits per heavy atom. The van der Waals surface area contributed by atoms with Crippen molar-refractivity contribution >= 4 is 11.6 Å². The molecule has 0 aliphatic carbocycles. The summed E-state index contributed by atoms with van der Waals surface area (Å²) in [7, 11) is 0. The second-order valence-corrected chi connectivity index (χ2v) is 4.83. The summed E-state index contributed by atoms with van der Waals surface area (Å²) in [5, 5.41) is 0.609. The monoisotopic (exact) mass is 255 g/mol. The molecule has 2 N–H and O–H groups in total.